The van der Waals surface area contributed by atoms with E-state index < -0.39 is 0 Å². The summed E-state index contributed by atoms with van der Waals surface area (Å²) >= 11 is 6.01. The fourth-order valence-corrected chi connectivity index (χ4v) is 3.02. The zero-order chi connectivity index (χ0) is 20.2. The van der Waals surface area contributed by atoms with Crippen molar-refractivity contribution in [2.45, 2.75) is 6.54 Å². The maximum absolute atomic E-state index is 6.01. The Labute approximate surface area is 171 Å². The normalized spacial score (nSPS) is 12.4. The van der Waals surface area contributed by atoms with Gasteiger partial charge in [-0.05, 0) is 35.9 Å². The number of fused-ring (bicyclic) bond motifs is 2. The van der Waals surface area contributed by atoms with Gasteiger partial charge < -0.3 is 11.1 Å². The third-order valence-electron chi connectivity index (χ3n) is 4.07. The standard InChI is InChI=1S/C20H17ClN8/c1-2-4-15(21)10-17(22)25-18-11-24-19-20(26-18)29(28-27-19)12-13-6-7-16-14(9-13)5-3-8-23-16/h2-11H,1,12,22H2,(H,25,26)/b15-4+,17-10+. The molecule has 1 aromatic carbocycles. The Morgan fingerprint density at radius 2 is 2.17 bits per heavy atom. The summed E-state index contributed by atoms with van der Waals surface area (Å²) in [4.78, 5) is 13.2. The van der Waals surface area contributed by atoms with Gasteiger partial charge in [-0.25, -0.2) is 14.6 Å². The number of anilines is 1. The van der Waals surface area contributed by atoms with E-state index in [-0.39, 0.29) is 0 Å². The van der Waals surface area contributed by atoms with Gasteiger partial charge >= 0.3 is 0 Å². The zero-order valence-corrected chi connectivity index (χ0v) is 16.1. The van der Waals surface area contributed by atoms with Gasteiger partial charge in [-0.2, -0.15) is 0 Å². The van der Waals surface area contributed by atoms with Crippen molar-refractivity contribution in [2.24, 2.45) is 5.73 Å². The molecular formula is C20H17ClN8. The van der Waals surface area contributed by atoms with Crippen LogP contribution in [0.15, 0.2) is 78.4 Å². The Balaban J connectivity index is 1.61. The van der Waals surface area contributed by atoms with Crippen molar-refractivity contribution in [2.75, 3.05) is 5.32 Å². The lowest BCUT2D eigenvalue weighted by molar-refractivity contribution is 0.664. The predicted molar refractivity (Wildman–Crippen MR) is 114 cm³/mol. The SMILES string of the molecule is C=C/C=C(Cl)\C=C(/N)Nc1cnc2nnn(Cc3ccc4ncccc4c3)c2n1. The second kappa shape index (κ2) is 8.07. The lowest BCUT2D eigenvalue weighted by atomic mass is 10.1. The van der Waals surface area contributed by atoms with Crippen LogP contribution in [0.3, 0.4) is 0 Å². The fourth-order valence-electron chi connectivity index (χ4n) is 2.81. The predicted octanol–water partition coefficient (Wildman–Crippen LogP) is 3.34. The first kappa shape index (κ1) is 18.6. The smallest absolute Gasteiger partial charge is 0.221 e. The van der Waals surface area contributed by atoms with Crippen LogP contribution in [0.2, 0.25) is 0 Å². The molecule has 0 atom stereocenters. The molecule has 9 heteroatoms. The first-order valence-corrected chi connectivity index (χ1v) is 9.12. The Hall–Kier alpha value is -3.78. The minimum absolute atomic E-state index is 0.322. The third kappa shape index (κ3) is 4.22. The van der Waals surface area contributed by atoms with Crippen molar-refractivity contribution in [1.82, 2.24) is 29.9 Å². The van der Waals surface area contributed by atoms with E-state index in [9.17, 15) is 0 Å². The van der Waals surface area contributed by atoms with Crippen LogP contribution in [0.5, 0.6) is 0 Å². The largest absolute Gasteiger partial charge is 0.385 e. The lowest BCUT2D eigenvalue weighted by Crippen LogP contribution is -2.11. The molecule has 29 heavy (non-hydrogen) atoms. The van der Waals surface area contributed by atoms with E-state index in [0.717, 1.165) is 16.5 Å². The summed E-state index contributed by atoms with van der Waals surface area (Å²) in [6.07, 6.45) is 8.08. The Morgan fingerprint density at radius 3 is 3.03 bits per heavy atom. The van der Waals surface area contributed by atoms with E-state index in [0.29, 0.717) is 34.5 Å². The van der Waals surface area contributed by atoms with Crippen LogP contribution in [0.25, 0.3) is 22.2 Å². The molecule has 3 N–H and O–H groups in total. The summed E-state index contributed by atoms with van der Waals surface area (Å²) in [7, 11) is 0. The lowest BCUT2D eigenvalue weighted by Gasteiger charge is -2.06. The van der Waals surface area contributed by atoms with Crippen molar-refractivity contribution in [3.63, 3.8) is 0 Å². The molecule has 0 aliphatic rings. The van der Waals surface area contributed by atoms with Crippen LogP contribution in [-0.2, 0) is 6.54 Å². The summed E-state index contributed by atoms with van der Waals surface area (Å²) in [5.41, 5.74) is 8.94. The number of nitrogens with two attached hydrogens (primary N) is 1. The molecule has 0 saturated heterocycles. The Morgan fingerprint density at radius 1 is 1.28 bits per heavy atom. The number of nitrogens with zero attached hydrogens (tertiary/aromatic N) is 6. The molecule has 144 valence electrons. The monoisotopic (exact) mass is 404 g/mol. The maximum atomic E-state index is 6.01. The number of hydrogen-bond donors (Lipinski definition) is 2. The molecule has 3 heterocycles. The minimum Gasteiger partial charge on any atom is -0.385 e. The maximum Gasteiger partial charge on any atom is 0.221 e. The summed E-state index contributed by atoms with van der Waals surface area (Å²) < 4.78 is 1.69. The number of rotatable bonds is 6. The van der Waals surface area contributed by atoms with Gasteiger partial charge in [0.25, 0.3) is 0 Å². The quantitative estimate of drug-likeness (QED) is 0.474. The number of hydrogen-bond acceptors (Lipinski definition) is 7. The summed E-state index contributed by atoms with van der Waals surface area (Å²) in [5.74, 6) is 0.781. The van der Waals surface area contributed by atoms with E-state index in [1.807, 2.05) is 24.3 Å². The number of halogens is 1. The first-order chi connectivity index (χ1) is 14.1. The second-order valence-corrected chi connectivity index (χ2v) is 6.63. The van der Waals surface area contributed by atoms with E-state index >= 15 is 0 Å². The third-order valence-corrected chi connectivity index (χ3v) is 4.31. The van der Waals surface area contributed by atoms with Gasteiger partial charge in [0, 0.05) is 16.6 Å². The van der Waals surface area contributed by atoms with Crippen molar-refractivity contribution >= 4 is 39.6 Å². The van der Waals surface area contributed by atoms with Crippen molar-refractivity contribution in [3.8, 4) is 0 Å². The molecule has 8 nitrogen and oxygen atoms in total. The average molecular weight is 405 g/mol. The van der Waals surface area contributed by atoms with Gasteiger partial charge in [-0.3, -0.25) is 4.98 Å². The molecule has 0 spiro atoms. The molecular weight excluding hydrogens is 388 g/mol. The molecule has 0 saturated carbocycles. The molecule has 4 aromatic rings. The topological polar surface area (TPSA) is 107 Å². The van der Waals surface area contributed by atoms with Gasteiger partial charge in [-0.1, -0.05) is 41.6 Å². The Kier molecular flexibility index (Phi) is 5.17. The molecule has 0 amide bonds. The molecule has 0 unspecified atom stereocenters. The highest BCUT2D eigenvalue weighted by molar-refractivity contribution is 6.31. The van der Waals surface area contributed by atoms with Crippen LogP contribution >= 0.6 is 11.6 Å². The van der Waals surface area contributed by atoms with E-state index in [4.69, 9.17) is 17.3 Å². The summed E-state index contributed by atoms with van der Waals surface area (Å²) in [5, 5.41) is 12.7. The van der Waals surface area contributed by atoms with Crippen LogP contribution in [-0.4, -0.2) is 29.9 Å². The zero-order valence-electron chi connectivity index (χ0n) is 15.3. The van der Waals surface area contributed by atoms with Crippen LogP contribution < -0.4 is 11.1 Å². The highest BCUT2D eigenvalue weighted by atomic mass is 35.5. The molecule has 4 rings (SSSR count). The number of nitrogens with one attached hydrogen (secondary N) is 1. The number of aromatic nitrogens is 6. The van der Waals surface area contributed by atoms with E-state index in [1.165, 1.54) is 6.20 Å². The average Bonchev–Trinajstić information content (AvgIpc) is 3.10. The number of pyridine rings is 1. The highest BCUT2D eigenvalue weighted by Crippen LogP contribution is 2.16. The van der Waals surface area contributed by atoms with Gasteiger partial charge in [0.15, 0.2) is 11.5 Å². The van der Waals surface area contributed by atoms with E-state index in [1.54, 1.807) is 29.1 Å². The molecule has 0 aliphatic heterocycles. The minimum atomic E-state index is 0.322. The van der Waals surface area contributed by atoms with Crippen LogP contribution in [0, 0.1) is 0 Å². The second-order valence-electron chi connectivity index (χ2n) is 6.19. The van der Waals surface area contributed by atoms with Gasteiger partial charge in [0.2, 0.25) is 5.65 Å². The van der Waals surface area contributed by atoms with E-state index in [2.05, 4.69) is 43.2 Å². The molecule has 3 aromatic heterocycles. The fraction of sp³-hybridized carbons (Fsp3) is 0.0500. The summed E-state index contributed by atoms with van der Waals surface area (Å²) in [6.45, 7) is 4.09. The van der Waals surface area contributed by atoms with Gasteiger partial charge in [0.05, 0.1) is 18.3 Å². The van der Waals surface area contributed by atoms with Gasteiger partial charge in [0.1, 0.15) is 5.82 Å². The number of allylic oxidation sites excluding steroid dienone is 4. The van der Waals surface area contributed by atoms with Crippen molar-refractivity contribution < 1.29 is 0 Å². The first-order valence-electron chi connectivity index (χ1n) is 8.75. The molecule has 0 aliphatic carbocycles. The van der Waals surface area contributed by atoms with Crippen LogP contribution in [0.1, 0.15) is 5.56 Å². The molecule has 0 radical (unpaired) electrons. The summed E-state index contributed by atoms with van der Waals surface area (Å²) in [6, 6.07) is 9.99. The van der Waals surface area contributed by atoms with Gasteiger partial charge in [-0.15, -0.1) is 5.10 Å². The number of benzene rings is 1. The molecule has 0 bridgehead atoms. The molecule has 0 fully saturated rings. The van der Waals surface area contributed by atoms with Crippen molar-refractivity contribution in [1.29, 1.82) is 0 Å². The van der Waals surface area contributed by atoms with Crippen LogP contribution in [0.4, 0.5) is 5.82 Å². The highest BCUT2D eigenvalue weighted by Gasteiger charge is 2.10. The Bertz CT molecular complexity index is 1260. The van der Waals surface area contributed by atoms with Crippen molar-refractivity contribution in [3.05, 3.63) is 83.9 Å².